The number of halogens is 1. The number of carbonyl (C=O) groups is 2. The first-order valence-corrected chi connectivity index (χ1v) is 10.0. The first-order valence-electron chi connectivity index (χ1n) is 9.64. The van der Waals surface area contributed by atoms with E-state index in [0.717, 1.165) is 16.8 Å². The Hall–Kier alpha value is -3.09. The van der Waals surface area contributed by atoms with Crippen LogP contribution in [0.5, 0.6) is 0 Å². The molecule has 1 atom stereocenters. The molecule has 0 aliphatic carbocycles. The summed E-state index contributed by atoms with van der Waals surface area (Å²) < 4.78 is 0. The lowest BCUT2D eigenvalue weighted by Gasteiger charge is -2.12. The molecule has 0 saturated heterocycles. The van der Waals surface area contributed by atoms with E-state index < -0.39 is 0 Å². The maximum absolute atomic E-state index is 12.8. The van der Waals surface area contributed by atoms with Crippen molar-refractivity contribution in [2.75, 3.05) is 18.5 Å². The molecule has 2 aromatic carbocycles. The van der Waals surface area contributed by atoms with Crippen LogP contribution in [0.3, 0.4) is 0 Å². The number of aryl methyl sites for hydroxylation is 1. The van der Waals surface area contributed by atoms with Gasteiger partial charge in [0.2, 0.25) is 5.78 Å². The van der Waals surface area contributed by atoms with Crippen molar-refractivity contribution in [1.29, 1.82) is 0 Å². The van der Waals surface area contributed by atoms with Gasteiger partial charge in [-0.3, -0.25) is 4.79 Å². The van der Waals surface area contributed by atoms with Gasteiger partial charge in [0.25, 0.3) is 0 Å². The number of H-pyrrole nitrogens is 1. The van der Waals surface area contributed by atoms with Gasteiger partial charge in [-0.15, -0.1) is 0 Å². The molecule has 4 N–H and O–H groups in total. The summed E-state index contributed by atoms with van der Waals surface area (Å²) >= 11 is 5.91. The van der Waals surface area contributed by atoms with E-state index in [1.54, 1.807) is 24.3 Å². The van der Waals surface area contributed by atoms with Gasteiger partial charge < -0.3 is 20.7 Å². The number of aliphatic hydroxyl groups is 1. The minimum Gasteiger partial charge on any atom is -0.395 e. The molecule has 0 radical (unpaired) electrons. The van der Waals surface area contributed by atoms with Gasteiger partial charge in [0.05, 0.1) is 12.3 Å². The third-order valence-corrected chi connectivity index (χ3v) is 5.15. The Bertz CT molecular complexity index is 1030. The fourth-order valence-corrected chi connectivity index (χ4v) is 3.30. The Morgan fingerprint density at radius 1 is 1.10 bits per heavy atom. The van der Waals surface area contributed by atoms with Crippen molar-refractivity contribution in [3.8, 4) is 0 Å². The van der Waals surface area contributed by atoms with Gasteiger partial charge in [-0.05, 0) is 60.5 Å². The minimum absolute atomic E-state index is 0.0349. The van der Waals surface area contributed by atoms with Crippen molar-refractivity contribution < 1.29 is 14.7 Å². The Balaban J connectivity index is 1.73. The Labute approximate surface area is 180 Å². The second-order valence-corrected chi connectivity index (χ2v) is 7.50. The molecule has 1 heterocycles. The molecule has 3 aromatic rings. The number of hydrogen-bond donors (Lipinski definition) is 4. The number of aromatic nitrogens is 1. The Kier molecular flexibility index (Phi) is 6.92. The quantitative estimate of drug-likeness (QED) is 0.420. The van der Waals surface area contributed by atoms with Crippen molar-refractivity contribution in [1.82, 2.24) is 10.3 Å². The molecule has 0 aliphatic rings. The van der Waals surface area contributed by atoms with Crippen molar-refractivity contribution in [3.05, 3.63) is 87.7 Å². The second kappa shape index (κ2) is 9.61. The maximum Gasteiger partial charge on any atom is 0.319 e. The van der Waals surface area contributed by atoms with Crippen molar-refractivity contribution >= 4 is 29.1 Å². The molecule has 156 valence electrons. The summed E-state index contributed by atoms with van der Waals surface area (Å²) in [6, 6.07) is 16.0. The minimum atomic E-state index is -0.366. The molecule has 1 unspecified atom stereocenters. The monoisotopic (exact) mass is 425 g/mol. The summed E-state index contributed by atoms with van der Waals surface area (Å²) in [5, 5.41) is 14.6. The molecule has 7 heteroatoms. The standard InChI is InChI=1S/C23H24ClN3O3/c1-14-13-20(27-21(14)22(29)17-3-7-18(24)8-4-17)15(2)16-5-9-19(10-6-16)26-23(30)25-11-12-28/h3-10,13,15,27-28H,11-12H2,1-2H3,(H2,25,26,30). The molecule has 0 bridgehead atoms. The number of aromatic amines is 1. The van der Waals surface area contributed by atoms with Crippen LogP contribution < -0.4 is 10.6 Å². The maximum atomic E-state index is 12.8. The largest absolute Gasteiger partial charge is 0.395 e. The molecule has 30 heavy (non-hydrogen) atoms. The third-order valence-electron chi connectivity index (χ3n) is 4.90. The van der Waals surface area contributed by atoms with Gasteiger partial charge in [-0.2, -0.15) is 0 Å². The number of carbonyl (C=O) groups excluding carboxylic acids is 2. The van der Waals surface area contributed by atoms with Gasteiger partial charge >= 0.3 is 6.03 Å². The van der Waals surface area contributed by atoms with Crippen molar-refractivity contribution in [3.63, 3.8) is 0 Å². The summed E-state index contributed by atoms with van der Waals surface area (Å²) in [6.07, 6.45) is 0. The van der Waals surface area contributed by atoms with Crippen LogP contribution in [0, 0.1) is 6.92 Å². The van der Waals surface area contributed by atoms with E-state index in [-0.39, 0.29) is 30.9 Å². The molecule has 6 nitrogen and oxygen atoms in total. The zero-order valence-electron chi connectivity index (χ0n) is 16.8. The first-order chi connectivity index (χ1) is 14.4. The number of urea groups is 1. The average Bonchev–Trinajstić information content (AvgIpc) is 3.14. The van der Waals surface area contributed by atoms with Crippen LogP contribution in [-0.2, 0) is 0 Å². The molecule has 0 aliphatic heterocycles. The van der Waals surface area contributed by atoms with Crippen LogP contribution in [0.2, 0.25) is 5.02 Å². The van der Waals surface area contributed by atoms with E-state index in [0.29, 0.717) is 22.0 Å². The number of benzene rings is 2. The smallest absolute Gasteiger partial charge is 0.319 e. The molecule has 0 saturated carbocycles. The highest BCUT2D eigenvalue weighted by Gasteiger charge is 2.18. The van der Waals surface area contributed by atoms with E-state index in [4.69, 9.17) is 16.7 Å². The van der Waals surface area contributed by atoms with Crippen LogP contribution in [0.25, 0.3) is 0 Å². The van der Waals surface area contributed by atoms with Gasteiger partial charge in [0, 0.05) is 34.4 Å². The molecule has 1 aromatic heterocycles. The fourth-order valence-electron chi connectivity index (χ4n) is 3.18. The Morgan fingerprint density at radius 3 is 2.40 bits per heavy atom. The van der Waals surface area contributed by atoms with Crippen LogP contribution in [-0.4, -0.2) is 35.1 Å². The molecule has 0 fully saturated rings. The lowest BCUT2D eigenvalue weighted by molar-refractivity contribution is 0.103. The molecule has 0 spiro atoms. The van der Waals surface area contributed by atoms with Gasteiger partial charge in [0.1, 0.15) is 0 Å². The van der Waals surface area contributed by atoms with Crippen LogP contribution in [0.4, 0.5) is 10.5 Å². The lowest BCUT2D eigenvalue weighted by atomic mass is 9.97. The predicted molar refractivity (Wildman–Crippen MR) is 118 cm³/mol. The van der Waals surface area contributed by atoms with Crippen LogP contribution in [0.15, 0.2) is 54.6 Å². The lowest BCUT2D eigenvalue weighted by Crippen LogP contribution is -2.30. The first kappa shape index (κ1) is 21.6. The van der Waals surface area contributed by atoms with Gasteiger partial charge in [-0.1, -0.05) is 30.7 Å². The number of aliphatic hydroxyl groups excluding tert-OH is 1. The van der Waals surface area contributed by atoms with E-state index in [9.17, 15) is 9.59 Å². The van der Waals surface area contributed by atoms with Gasteiger partial charge in [0.15, 0.2) is 0 Å². The number of hydrogen-bond acceptors (Lipinski definition) is 3. The van der Waals surface area contributed by atoms with Crippen molar-refractivity contribution in [2.24, 2.45) is 0 Å². The molecule has 2 amide bonds. The van der Waals surface area contributed by atoms with Gasteiger partial charge in [-0.25, -0.2) is 4.79 Å². The number of anilines is 1. The van der Waals surface area contributed by atoms with Crippen molar-refractivity contribution in [2.45, 2.75) is 19.8 Å². The summed E-state index contributed by atoms with van der Waals surface area (Å²) in [5.74, 6) is -0.0382. The average molecular weight is 426 g/mol. The SMILES string of the molecule is Cc1cc(C(C)c2ccc(NC(=O)NCCO)cc2)[nH]c1C(=O)c1ccc(Cl)cc1. The number of ketones is 1. The van der Waals surface area contributed by atoms with E-state index in [1.807, 2.05) is 37.3 Å². The topological polar surface area (TPSA) is 94.2 Å². The highest BCUT2D eigenvalue weighted by molar-refractivity contribution is 6.30. The summed E-state index contributed by atoms with van der Waals surface area (Å²) in [6.45, 7) is 4.05. The highest BCUT2D eigenvalue weighted by atomic mass is 35.5. The molecular formula is C23H24ClN3O3. The number of amides is 2. The zero-order chi connectivity index (χ0) is 21.7. The third kappa shape index (κ3) is 5.09. The number of rotatable bonds is 7. The summed E-state index contributed by atoms with van der Waals surface area (Å²) in [7, 11) is 0. The second-order valence-electron chi connectivity index (χ2n) is 7.07. The fraction of sp³-hybridized carbons (Fsp3) is 0.217. The van der Waals surface area contributed by atoms with Crippen LogP contribution >= 0.6 is 11.6 Å². The normalized spacial score (nSPS) is 11.7. The van der Waals surface area contributed by atoms with Crippen LogP contribution in [0.1, 0.15) is 45.7 Å². The number of nitrogens with one attached hydrogen (secondary N) is 3. The summed E-state index contributed by atoms with van der Waals surface area (Å²) in [5.41, 5.74) is 4.67. The van der Waals surface area contributed by atoms with E-state index >= 15 is 0 Å². The Morgan fingerprint density at radius 2 is 1.77 bits per heavy atom. The molecular weight excluding hydrogens is 402 g/mol. The van der Waals surface area contributed by atoms with E-state index in [2.05, 4.69) is 22.5 Å². The van der Waals surface area contributed by atoms with E-state index in [1.165, 1.54) is 0 Å². The predicted octanol–water partition coefficient (Wildman–Crippen LogP) is 4.47. The summed E-state index contributed by atoms with van der Waals surface area (Å²) in [4.78, 5) is 27.8. The zero-order valence-corrected chi connectivity index (χ0v) is 17.6. The molecule has 3 rings (SSSR count). The highest BCUT2D eigenvalue weighted by Crippen LogP contribution is 2.27.